The largest absolute Gasteiger partial charge is 0.495 e. The van der Waals surface area contributed by atoms with Crippen LogP contribution in [0.5, 0.6) is 5.75 Å². The highest BCUT2D eigenvalue weighted by molar-refractivity contribution is 6.31. The minimum atomic E-state index is -0.672. The van der Waals surface area contributed by atoms with E-state index in [0.29, 0.717) is 34.2 Å². The second-order valence-electron chi connectivity index (χ2n) is 10.3. The quantitative estimate of drug-likeness (QED) is 0.239. The van der Waals surface area contributed by atoms with Crippen LogP contribution in [0.25, 0.3) is 16.6 Å². The van der Waals surface area contributed by atoms with Gasteiger partial charge in [0.2, 0.25) is 11.8 Å². The van der Waals surface area contributed by atoms with Crippen molar-refractivity contribution in [3.63, 3.8) is 0 Å². The number of para-hydroxylation sites is 1. The van der Waals surface area contributed by atoms with E-state index in [9.17, 15) is 19.2 Å². The van der Waals surface area contributed by atoms with Crippen LogP contribution in [0.2, 0.25) is 5.02 Å². The summed E-state index contributed by atoms with van der Waals surface area (Å²) in [5.41, 5.74) is 2.49. The third kappa shape index (κ3) is 6.74. The average Bonchev–Trinajstić information content (AvgIpc) is 3.02. The Kier molecular flexibility index (Phi) is 9.26. The molecule has 5 rings (SSSR count). The number of amides is 2. The fourth-order valence-corrected chi connectivity index (χ4v) is 5.12. The number of nitrogens with one attached hydrogen (secondary N) is 2. The number of fused-ring (bicyclic) bond motifs is 1. The first-order valence-electron chi connectivity index (χ1n) is 14.0. The predicted octanol–water partition coefficient (Wildman–Crippen LogP) is 4.66. The smallest absolute Gasteiger partial charge is 0.336 e. The van der Waals surface area contributed by atoms with Crippen molar-refractivity contribution in [2.75, 3.05) is 19.0 Å². The van der Waals surface area contributed by atoms with E-state index in [1.54, 1.807) is 67.6 Å². The second-order valence-corrected chi connectivity index (χ2v) is 10.7. The van der Waals surface area contributed by atoms with E-state index in [4.69, 9.17) is 16.3 Å². The molecule has 0 saturated heterocycles. The lowest BCUT2D eigenvalue weighted by atomic mass is 10.1. The van der Waals surface area contributed by atoms with Crippen LogP contribution in [0.3, 0.4) is 0 Å². The van der Waals surface area contributed by atoms with Gasteiger partial charge >= 0.3 is 5.69 Å². The van der Waals surface area contributed by atoms with Gasteiger partial charge in [0, 0.05) is 17.6 Å². The topological polar surface area (TPSA) is 111 Å². The fraction of sp³-hybridized carbons (Fsp3) is 0.176. The molecule has 44 heavy (non-hydrogen) atoms. The highest BCUT2D eigenvalue weighted by Crippen LogP contribution is 2.31. The van der Waals surface area contributed by atoms with Crippen molar-refractivity contribution < 1.29 is 14.3 Å². The summed E-state index contributed by atoms with van der Waals surface area (Å²) >= 11 is 6.19. The molecule has 0 spiro atoms. The van der Waals surface area contributed by atoms with E-state index in [1.807, 2.05) is 30.3 Å². The predicted molar refractivity (Wildman–Crippen MR) is 172 cm³/mol. The van der Waals surface area contributed by atoms with Gasteiger partial charge in [-0.05, 0) is 60.4 Å². The summed E-state index contributed by atoms with van der Waals surface area (Å²) in [5.74, 6) is -0.241. The molecule has 0 atom stereocenters. The van der Waals surface area contributed by atoms with Gasteiger partial charge in [-0.2, -0.15) is 0 Å². The van der Waals surface area contributed by atoms with E-state index in [2.05, 4.69) is 10.6 Å². The number of benzene rings is 4. The standard InChI is InChI=1S/C34H31ClN4O5/c1-22-18-28(30(44-2)20-27(22)35)37-32(41)21-38-29-11-7-6-10-26(29)33(42)39(34(38)43)25-14-12-24(13-15-25)19-31(40)36-17-16-23-8-4-3-5-9-23/h3-15,18,20H,16-17,19,21H2,1-2H3,(H,36,40)(H,37,41). The van der Waals surface area contributed by atoms with Crippen LogP contribution in [-0.4, -0.2) is 34.6 Å². The average molecular weight is 611 g/mol. The Bertz CT molecular complexity index is 1950. The Morgan fingerprint density at radius 2 is 1.57 bits per heavy atom. The van der Waals surface area contributed by atoms with Crippen LogP contribution in [0.4, 0.5) is 5.69 Å². The van der Waals surface area contributed by atoms with Gasteiger partial charge in [-0.25, -0.2) is 9.36 Å². The van der Waals surface area contributed by atoms with Crippen molar-refractivity contribution in [3.8, 4) is 11.4 Å². The minimum absolute atomic E-state index is 0.127. The summed E-state index contributed by atoms with van der Waals surface area (Å²) in [6.45, 7) is 1.96. The number of hydrogen-bond donors (Lipinski definition) is 2. The van der Waals surface area contributed by atoms with Gasteiger partial charge in [-0.3, -0.25) is 19.0 Å². The Balaban J connectivity index is 1.37. The lowest BCUT2D eigenvalue weighted by Gasteiger charge is -2.16. The molecular weight excluding hydrogens is 580 g/mol. The molecule has 5 aromatic rings. The maximum atomic E-state index is 13.8. The Labute approximate surface area is 258 Å². The number of nitrogens with zero attached hydrogens (tertiary/aromatic N) is 2. The summed E-state index contributed by atoms with van der Waals surface area (Å²) < 4.78 is 7.65. The number of carbonyl (C=O) groups is 2. The van der Waals surface area contributed by atoms with Crippen molar-refractivity contribution in [1.82, 2.24) is 14.5 Å². The van der Waals surface area contributed by atoms with Gasteiger partial charge in [-0.15, -0.1) is 0 Å². The highest BCUT2D eigenvalue weighted by atomic mass is 35.5. The van der Waals surface area contributed by atoms with Crippen LogP contribution >= 0.6 is 11.6 Å². The SMILES string of the molecule is COc1cc(Cl)c(C)cc1NC(=O)Cn1c(=O)n(-c2ccc(CC(=O)NCCc3ccccc3)cc2)c(=O)c2ccccc21. The normalized spacial score (nSPS) is 10.9. The highest BCUT2D eigenvalue weighted by Gasteiger charge is 2.18. The lowest BCUT2D eigenvalue weighted by Crippen LogP contribution is -2.40. The molecule has 4 aromatic carbocycles. The van der Waals surface area contributed by atoms with E-state index in [0.717, 1.165) is 27.7 Å². The molecule has 0 aliphatic carbocycles. The number of methoxy groups -OCH3 is 1. The number of aromatic nitrogens is 2. The van der Waals surface area contributed by atoms with Crippen LogP contribution in [0.1, 0.15) is 16.7 Å². The molecule has 224 valence electrons. The second kappa shape index (κ2) is 13.4. The molecule has 10 heteroatoms. The van der Waals surface area contributed by atoms with Gasteiger partial charge in [0.15, 0.2) is 0 Å². The molecule has 0 radical (unpaired) electrons. The lowest BCUT2D eigenvalue weighted by molar-refractivity contribution is -0.120. The van der Waals surface area contributed by atoms with Crippen molar-refractivity contribution in [3.05, 3.63) is 134 Å². The molecule has 0 saturated carbocycles. The first-order chi connectivity index (χ1) is 21.2. The van der Waals surface area contributed by atoms with Gasteiger partial charge in [0.05, 0.1) is 35.8 Å². The zero-order chi connectivity index (χ0) is 31.2. The Morgan fingerprint density at radius 3 is 2.30 bits per heavy atom. The Morgan fingerprint density at radius 1 is 0.864 bits per heavy atom. The molecule has 0 aliphatic heterocycles. The third-order valence-corrected chi connectivity index (χ3v) is 7.65. The number of rotatable bonds is 10. The van der Waals surface area contributed by atoms with Crippen LogP contribution in [0.15, 0.2) is 101 Å². The van der Waals surface area contributed by atoms with Gasteiger partial charge < -0.3 is 15.4 Å². The van der Waals surface area contributed by atoms with E-state index in [1.165, 1.54) is 11.7 Å². The summed E-state index contributed by atoms with van der Waals surface area (Å²) in [5, 5.41) is 6.47. The molecule has 9 nitrogen and oxygen atoms in total. The number of aryl methyl sites for hydroxylation is 1. The van der Waals surface area contributed by atoms with Gasteiger partial charge in [0.25, 0.3) is 5.56 Å². The molecule has 0 fully saturated rings. The van der Waals surface area contributed by atoms with E-state index in [-0.39, 0.29) is 24.3 Å². The fourth-order valence-electron chi connectivity index (χ4n) is 4.97. The molecule has 0 unspecified atom stereocenters. The molecule has 2 N–H and O–H groups in total. The summed E-state index contributed by atoms with van der Waals surface area (Å²) in [4.78, 5) is 52.9. The van der Waals surface area contributed by atoms with Crippen LogP contribution in [0, 0.1) is 6.92 Å². The van der Waals surface area contributed by atoms with Gasteiger partial charge in [0.1, 0.15) is 12.3 Å². The number of halogens is 1. The molecule has 0 bridgehead atoms. The summed E-state index contributed by atoms with van der Waals surface area (Å²) in [6.07, 6.45) is 0.882. The maximum absolute atomic E-state index is 13.8. The number of anilines is 1. The Hall–Kier alpha value is -5.15. The zero-order valence-corrected chi connectivity index (χ0v) is 25.1. The molecule has 0 aliphatic rings. The van der Waals surface area contributed by atoms with Gasteiger partial charge in [-0.1, -0.05) is 66.2 Å². The number of hydrogen-bond acceptors (Lipinski definition) is 5. The summed E-state index contributed by atoms with van der Waals surface area (Å²) in [6, 6.07) is 26.5. The van der Waals surface area contributed by atoms with Crippen molar-refractivity contribution in [2.45, 2.75) is 26.3 Å². The summed E-state index contributed by atoms with van der Waals surface area (Å²) in [7, 11) is 1.47. The van der Waals surface area contributed by atoms with Crippen molar-refractivity contribution >= 4 is 40.0 Å². The molecule has 2 amide bonds. The van der Waals surface area contributed by atoms with Crippen molar-refractivity contribution in [1.29, 1.82) is 0 Å². The number of carbonyl (C=O) groups excluding carboxylic acids is 2. The molecule has 1 aromatic heterocycles. The minimum Gasteiger partial charge on any atom is -0.495 e. The van der Waals surface area contributed by atoms with E-state index < -0.39 is 17.2 Å². The van der Waals surface area contributed by atoms with Crippen LogP contribution in [-0.2, 0) is 29.0 Å². The number of ether oxygens (including phenoxy) is 1. The molecular formula is C34H31ClN4O5. The zero-order valence-electron chi connectivity index (χ0n) is 24.3. The van der Waals surface area contributed by atoms with Crippen molar-refractivity contribution in [2.24, 2.45) is 0 Å². The first kappa shape index (κ1) is 30.3. The first-order valence-corrected chi connectivity index (χ1v) is 14.4. The maximum Gasteiger partial charge on any atom is 0.336 e. The monoisotopic (exact) mass is 610 g/mol. The van der Waals surface area contributed by atoms with Crippen LogP contribution < -0.4 is 26.6 Å². The molecule has 1 heterocycles. The third-order valence-electron chi connectivity index (χ3n) is 7.24. The van der Waals surface area contributed by atoms with E-state index >= 15 is 0 Å².